The van der Waals surface area contributed by atoms with Gasteiger partial charge in [-0.05, 0) is 18.8 Å². The Morgan fingerprint density at radius 3 is 2.50 bits per heavy atom. The Balaban J connectivity index is 2.09. The number of nitrogens with one attached hydrogen (secondary N) is 2. The van der Waals surface area contributed by atoms with Crippen LogP contribution >= 0.6 is 0 Å². The lowest BCUT2D eigenvalue weighted by molar-refractivity contribution is -0.123. The molecule has 1 saturated carbocycles. The minimum absolute atomic E-state index is 0.000850. The Morgan fingerprint density at radius 2 is 2.00 bits per heavy atom. The number of carbonyl (C=O) groups is 2. The highest BCUT2D eigenvalue weighted by Crippen LogP contribution is 2.18. The lowest BCUT2D eigenvalue weighted by atomic mass is 10.1. The summed E-state index contributed by atoms with van der Waals surface area (Å²) in [6, 6.07) is -0.118. The fourth-order valence-electron chi connectivity index (χ4n) is 1.25. The van der Waals surface area contributed by atoms with E-state index in [1.165, 1.54) is 0 Å². The molecule has 16 heavy (non-hydrogen) atoms. The predicted molar refractivity (Wildman–Crippen MR) is 61.6 cm³/mol. The summed E-state index contributed by atoms with van der Waals surface area (Å²) < 4.78 is 0. The van der Waals surface area contributed by atoms with Crippen molar-refractivity contribution in [2.24, 2.45) is 11.7 Å². The molecule has 5 heteroatoms. The molecule has 5 nitrogen and oxygen atoms in total. The van der Waals surface area contributed by atoms with E-state index in [1.54, 1.807) is 0 Å². The SMILES string of the molecule is CC(C)[C@@H](N)C(=O)NCCC(=O)NC1CC1. The highest BCUT2D eigenvalue weighted by molar-refractivity contribution is 5.82. The third-order valence-corrected chi connectivity index (χ3v) is 2.61. The first kappa shape index (κ1) is 13.0. The quantitative estimate of drug-likeness (QED) is 0.585. The molecule has 1 fully saturated rings. The van der Waals surface area contributed by atoms with Gasteiger partial charge in [0.05, 0.1) is 6.04 Å². The molecule has 4 N–H and O–H groups in total. The maximum atomic E-state index is 11.4. The van der Waals surface area contributed by atoms with Crippen molar-refractivity contribution in [1.29, 1.82) is 0 Å². The summed E-state index contributed by atoms with van der Waals surface area (Å²) in [6.07, 6.45) is 2.49. The fraction of sp³-hybridized carbons (Fsp3) is 0.818. The van der Waals surface area contributed by atoms with E-state index < -0.39 is 6.04 Å². The zero-order chi connectivity index (χ0) is 12.1. The Hall–Kier alpha value is -1.10. The van der Waals surface area contributed by atoms with Crippen LogP contribution in [0, 0.1) is 5.92 Å². The van der Waals surface area contributed by atoms with Crippen LogP contribution in [0.15, 0.2) is 0 Å². The van der Waals surface area contributed by atoms with Crippen LogP contribution in [0.2, 0.25) is 0 Å². The average molecular weight is 227 g/mol. The van der Waals surface area contributed by atoms with Gasteiger partial charge < -0.3 is 16.4 Å². The maximum Gasteiger partial charge on any atom is 0.237 e. The molecule has 0 heterocycles. The van der Waals surface area contributed by atoms with E-state index >= 15 is 0 Å². The van der Waals surface area contributed by atoms with Crippen LogP contribution in [-0.4, -0.2) is 30.4 Å². The molecule has 0 radical (unpaired) electrons. The molecule has 92 valence electrons. The van der Waals surface area contributed by atoms with Crippen LogP contribution in [0.4, 0.5) is 0 Å². The molecular formula is C11H21N3O2. The first-order valence-corrected chi connectivity index (χ1v) is 5.83. The molecule has 0 unspecified atom stereocenters. The normalized spacial score (nSPS) is 17.0. The molecule has 0 aromatic heterocycles. The first-order chi connectivity index (χ1) is 7.50. The summed E-state index contributed by atoms with van der Waals surface area (Å²) in [5.41, 5.74) is 5.66. The van der Waals surface area contributed by atoms with Gasteiger partial charge in [0.25, 0.3) is 0 Å². The molecule has 0 saturated heterocycles. The second kappa shape index (κ2) is 5.84. The van der Waals surface area contributed by atoms with Gasteiger partial charge in [-0.3, -0.25) is 9.59 Å². The number of carbonyl (C=O) groups excluding carboxylic acids is 2. The molecule has 0 aromatic carbocycles. The Bertz CT molecular complexity index is 262. The smallest absolute Gasteiger partial charge is 0.237 e. The molecule has 1 rings (SSSR count). The summed E-state index contributed by atoms with van der Waals surface area (Å²) in [7, 11) is 0. The first-order valence-electron chi connectivity index (χ1n) is 5.83. The monoisotopic (exact) mass is 227 g/mol. The van der Waals surface area contributed by atoms with E-state index in [0.717, 1.165) is 12.8 Å². The molecule has 0 bridgehead atoms. The van der Waals surface area contributed by atoms with Crippen molar-refractivity contribution in [2.45, 2.75) is 45.2 Å². The van der Waals surface area contributed by atoms with E-state index in [1.807, 2.05) is 13.8 Å². The van der Waals surface area contributed by atoms with Crippen molar-refractivity contribution < 1.29 is 9.59 Å². The minimum Gasteiger partial charge on any atom is -0.354 e. The predicted octanol–water partition coefficient (Wildman–Crippen LogP) is -0.245. The highest BCUT2D eigenvalue weighted by atomic mass is 16.2. The number of nitrogens with two attached hydrogens (primary N) is 1. The third-order valence-electron chi connectivity index (χ3n) is 2.61. The molecule has 0 aliphatic heterocycles. The van der Waals surface area contributed by atoms with Crippen LogP contribution in [0.25, 0.3) is 0 Å². The van der Waals surface area contributed by atoms with Crippen molar-refractivity contribution in [3.63, 3.8) is 0 Å². The largest absolute Gasteiger partial charge is 0.354 e. The van der Waals surface area contributed by atoms with Gasteiger partial charge >= 0.3 is 0 Å². The molecule has 0 spiro atoms. The number of amides is 2. The zero-order valence-corrected chi connectivity index (χ0v) is 9.95. The number of rotatable bonds is 6. The summed E-state index contributed by atoms with van der Waals surface area (Å²) >= 11 is 0. The molecule has 2 amide bonds. The summed E-state index contributed by atoms with van der Waals surface area (Å²) in [6.45, 7) is 4.14. The van der Waals surface area contributed by atoms with Gasteiger partial charge in [-0.2, -0.15) is 0 Å². The summed E-state index contributed by atoms with van der Waals surface area (Å²) in [5.74, 6) is -0.0737. The summed E-state index contributed by atoms with van der Waals surface area (Å²) in [5, 5.41) is 5.52. The van der Waals surface area contributed by atoms with E-state index in [9.17, 15) is 9.59 Å². The van der Waals surface area contributed by atoms with E-state index in [0.29, 0.717) is 19.0 Å². The van der Waals surface area contributed by atoms with Gasteiger partial charge in [0.1, 0.15) is 0 Å². The highest BCUT2D eigenvalue weighted by Gasteiger charge is 2.23. The van der Waals surface area contributed by atoms with Crippen molar-refractivity contribution in [3.8, 4) is 0 Å². The Labute approximate surface area is 96.1 Å². The van der Waals surface area contributed by atoms with E-state index in [-0.39, 0.29) is 17.7 Å². The molecule has 1 atom stereocenters. The summed E-state index contributed by atoms with van der Waals surface area (Å²) in [4.78, 5) is 22.7. The van der Waals surface area contributed by atoms with Crippen LogP contribution in [0.3, 0.4) is 0 Å². The zero-order valence-electron chi connectivity index (χ0n) is 9.95. The van der Waals surface area contributed by atoms with Gasteiger partial charge in [0, 0.05) is 19.0 Å². The number of hydrogen-bond acceptors (Lipinski definition) is 3. The van der Waals surface area contributed by atoms with Crippen LogP contribution < -0.4 is 16.4 Å². The van der Waals surface area contributed by atoms with E-state index in [4.69, 9.17) is 5.73 Å². The van der Waals surface area contributed by atoms with Crippen molar-refractivity contribution in [1.82, 2.24) is 10.6 Å². The standard InChI is InChI=1S/C11H21N3O2/c1-7(2)10(12)11(16)13-6-5-9(15)14-8-3-4-8/h7-8,10H,3-6,12H2,1-2H3,(H,13,16)(H,14,15)/t10-/m1/s1. The molecular weight excluding hydrogens is 206 g/mol. The number of hydrogen-bond donors (Lipinski definition) is 3. The van der Waals surface area contributed by atoms with Gasteiger partial charge in [-0.1, -0.05) is 13.8 Å². The van der Waals surface area contributed by atoms with Gasteiger partial charge in [-0.15, -0.1) is 0 Å². The van der Waals surface area contributed by atoms with Crippen LogP contribution in [-0.2, 0) is 9.59 Å². The molecule has 1 aliphatic rings. The lowest BCUT2D eigenvalue weighted by Crippen LogP contribution is -2.44. The van der Waals surface area contributed by atoms with Crippen LogP contribution in [0.5, 0.6) is 0 Å². The van der Waals surface area contributed by atoms with Crippen molar-refractivity contribution in [2.75, 3.05) is 6.54 Å². The second-order valence-corrected chi connectivity index (χ2v) is 4.65. The molecule has 0 aromatic rings. The topological polar surface area (TPSA) is 84.2 Å². The minimum atomic E-state index is -0.494. The van der Waals surface area contributed by atoms with Crippen molar-refractivity contribution >= 4 is 11.8 Å². The lowest BCUT2D eigenvalue weighted by Gasteiger charge is -2.15. The van der Waals surface area contributed by atoms with Gasteiger partial charge in [0.2, 0.25) is 11.8 Å². The second-order valence-electron chi connectivity index (χ2n) is 4.65. The van der Waals surface area contributed by atoms with Crippen molar-refractivity contribution in [3.05, 3.63) is 0 Å². The average Bonchev–Trinajstić information content (AvgIpc) is 3.00. The van der Waals surface area contributed by atoms with Gasteiger partial charge in [-0.25, -0.2) is 0 Å². The maximum absolute atomic E-state index is 11.4. The van der Waals surface area contributed by atoms with Gasteiger partial charge in [0.15, 0.2) is 0 Å². The Kier molecular flexibility index (Phi) is 4.73. The Morgan fingerprint density at radius 1 is 1.38 bits per heavy atom. The van der Waals surface area contributed by atoms with E-state index in [2.05, 4.69) is 10.6 Å². The fourth-order valence-corrected chi connectivity index (χ4v) is 1.25. The van der Waals surface area contributed by atoms with Crippen LogP contribution in [0.1, 0.15) is 33.1 Å². The third kappa shape index (κ3) is 4.61. The molecule has 1 aliphatic carbocycles.